The quantitative estimate of drug-likeness (QED) is 0.899. The molecule has 1 aromatic heterocycles. The number of nitrogens with one attached hydrogen (secondary N) is 1. The van der Waals surface area contributed by atoms with Crippen LogP contribution in [0.3, 0.4) is 0 Å². The summed E-state index contributed by atoms with van der Waals surface area (Å²) in [5, 5.41) is 0. The monoisotopic (exact) mass is 269 g/mol. The zero-order valence-corrected chi connectivity index (χ0v) is 11.0. The molecule has 20 heavy (non-hydrogen) atoms. The fraction of sp³-hybridized carbons (Fsp3) is 0.188. The lowest BCUT2D eigenvalue weighted by molar-refractivity contribution is 0.445. The van der Waals surface area contributed by atoms with Gasteiger partial charge in [0.1, 0.15) is 11.6 Å². The summed E-state index contributed by atoms with van der Waals surface area (Å²) in [7, 11) is 0. The number of benzene rings is 1. The van der Waals surface area contributed by atoms with Gasteiger partial charge in [-0.3, -0.25) is 0 Å². The van der Waals surface area contributed by atoms with Crippen LogP contribution in [0.25, 0.3) is 0 Å². The highest BCUT2D eigenvalue weighted by atomic mass is 19.1. The van der Waals surface area contributed by atoms with Gasteiger partial charge in [-0.2, -0.15) is 0 Å². The molecule has 1 aliphatic carbocycles. The van der Waals surface area contributed by atoms with Gasteiger partial charge in [-0.25, -0.2) is 9.37 Å². The van der Waals surface area contributed by atoms with Gasteiger partial charge >= 0.3 is 0 Å². The van der Waals surface area contributed by atoms with E-state index in [-0.39, 0.29) is 11.9 Å². The molecule has 0 amide bonds. The van der Waals surface area contributed by atoms with Gasteiger partial charge in [0, 0.05) is 18.4 Å². The number of hydrogen-bond donors (Lipinski definition) is 2. The Balaban J connectivity index is 2.01. The van der Waals surface area contributed by atoms with E-state index in [1.54, 1.807) is 24.5 Å². The number of imidazole rings is 1. The number of halogens is 1. The van der Waals surface area contributed by atoms with E-state index in [4.69, 9.17) is 5.73 Å². The van der Waals surface area contributed by atoms with Crippen molar-refractivity contribution in [2.75, 3.05) is 0 Å². The summed E-state index contributed by atoms with van der Waals surface area (Å²) in [5.41, 5.74) is 6.92. The van der Waals surface area contributed by atoms with E-state index in [0.29, 0.717) is 6.42 Å². The standard InChI is InChI=1S/C16H16FN3/c17-13-6-4-12(5-7-13)11-16(15-19-9-10-20-15)8-2-1-3-14(16)18/h1-10,14H,11,18H2,(H,19,20). The van der Waals surface area contributed by atoms with Crippen molar-refractivity contribution < 1.29 is 4.39 Å². The average molecular weight is 269 g/mol. The second kappa shape index (κ2) is 5.06. The van der Waals surface area contributed by atoms with E-state index in [9.17, 15) is 4.39 Å². The molecule has 0 radical (unpaired) electrons. The van der Waals surface area contributed by atoms with Crippen molar-refractivity contribution in [1.29, 1.82) is 0 Å². The summed E-state index contributed by atoms with van der Waals surface area (Å²) in [6.07, 6.45) is 12.1. The smallest absolute Gasteiger partial charge is 0.123 e. The van der Waals surface area contributed by atoms with Crippen molar-refractivity contribution in [2.45, 2.75) is 17.9 Å². The molecule has 0 aliphatic heterocycles. The topological polar surface area (TPSA) is 54.7 Å². The summed E-state index contributed by atoms with van der Waals surface area (Å²) in [6, 6.07) is 6.35. The fourth-order valence-electron chi connectivity index (χ4n) is 2.65. The van der Waals surface area contributed by atoms with Crippen LogP contribution >= 0.6 is 0 Å². The van der Waals surface area contributed by atoms with Crippen molar-refractivity contribution in [3.05, 3.63) is 78.2 Å². The van der Waals surface area contributed by atoms with E-state index < -0.39 is 5.41 Å². The summed E-state index contributed by atoms with van der Waals surface area (Å²) in [6.45, 7) is 0. The van der Waals surface area contributed by atoms with Gasteiger partial charge in [-0.05, 0) is 24.1 Å². The third-order valence-corrected chi connectivity index (χ3v) is 3.77. The summed E-state index contributed by atoms with van der Waals surface area (Å²) >= 11 is 0. The number of aromatic nitrogens is 2. The predicted molar refractivity (Wildman–Crippen MR) is 76.6 cm³/mol. The lowest BCUT2D eigenvalue weighted by Crippen LogP contribution is -2.46. The van der Waals surface area contributed by atoms with Crippen LogP contribution in [0, 0.1) is 5.82 Å². The van der Waals surface area contributed by atoms with Crippen molar-refractivity contribution >= 4 is 0 Å². The zero-order valence-electron chi connectivity index (χ0n) is 11.0. The molecular weight excluding hydrogens is 253 g/mol. The van der Waals surface area contributed by atoms with Crippen LogP contribution in [0.15, 0.2) is 61.0 Å². The predicted octanol–water partition coefficient (Wildman–Crippen LogP) is 2.48. The van der Waals surface area contributed by atoms with E-state index in [1.165, 1.54) is 12.1 Å². The molecule has 2 aromatic rings. The third-order valence-electron chi connectivity index (χ3n) is 3.77. The maximum absolute atomic E-state index is 13.0. The minimum absolute atomic E-state index is 0.177. The minimum Gasteiger partial charge on any atom is -0.348 e. The van der Waals surface area contributed by atoms with E-state index in [2.05, 4.69) is 16.0 Å². The number of allylic oxidation sites excluding steroid dienone is 2. The van der Waals surface area contributed by atoms with Crippen molar-refractivity contribution in [2.24, 2.45) is 5.73 Å². The van der Waals surface area contributed by atoms with Crippen LogP contribution in [0.1, 0.15) is 11.4 Å². The highest BCUT2D eigenvalue weighted by molar-refractivity contribution is 5.36. The van der Waals surface area contributed by atoms with Crippen molar-refractivity contribution in [3.63, 3.8) is 0 Å². The molecule has 2 atom stereocenters. The molecule has 1 aliphatic rings. The number of nitrogens with zero attached hydrogens (tertiary/aromatic N) is 1. The highest BCUT2D eigenvalue weighted by Gasteiger charge is 2.38. The lowest BCUT2D eigenvalue weighted by Gasteiger charge is -2.35. The molecule has 0 fully saturated rings. The van der Waals surface area contributed by atoms with Crippen LogP contribution in [-0.4, -0.2) is 16.0 Å². The fourth-order valence-corrected chi connectivity index (χ4v) is 2.65. The van der Waals surface area contributed by atoms with Crippen LogP contribution in [0.2, 0.25) is 0 Å². The molecule has 0 saturated carbocycles. The summed E-state index contributed by atoms with van der Waals surface area (Å²) in [5.74, 6) is 0.596. The molecule has 4 heteroatoms. The average Bonchev–Trinajstić information content (AvgIpc) is 2.99. The molecule has 1 heterocycles. The van der Waals surface area contributed by atoms with E-state index >= 15 is 0 Å². The highest BCUT2D eigenvalue weighted by Crippen LogP contribution is 2.33. The number of H-pyrrole nitrogens is 1. The first-order valence-electron chi connectivity index (χ1n) is 6.57. The van der Waals surface area contributed by atoms with Crippen LogP contribution in [0.4, 0.5) is 4.39 Å². The summed E-state index contributed by atoms with van der Waals surface area (Å²) in [4.78, 5) is 7.54. The number of aromatic amines is 1. The molecule has 0 saturated heterocycles. The normalized spacial score (nSPS) is 25.0. The van der Waals surface area contributed by atoms with Gasteiger partial charge in [-0.15, -0.1) is 0 Å². The second-order valence-corrected chi connectivity index (χ2v) is 5.05. The first-order chi connectivity index (χ1) is 9.71. The van der Waals surface area contributed by atoms with Gasteiger partial charge < -0.3 is 10.7 Å². The molecule has 3 rings (SSSR count). The number of hydrogen-bond acceptors (Lipinski definition) is 2. The summed E-state index contributed by atoms with van der Waals surface area (Å²) < 4.78 is 13.0. The lowest BCUT2D eigenvalue weighted by atomic mass is 9.72. The first-order valence-corrected chi connectivity index (χ1v) is 6.57. The Morgan fingerprint density at radius 2 is 2.05 bits per heavy atom. The molecule has 2 unspecified atom stereocenters. The first kappa shape index (κ1) is 12.8. The minimum atomic E-state index is -0.421. The zero-order chi connectivity index (χ0) is 14.0. The Bertz CT molecular complexity index is 628. The Morgan fingerprint density at radius 1 is 1.25 bits per heavy atom. The van der Waals surface area contributed by atoms with Crippen LogP contribution in [-0.2, 0) is 11.8 Å². The second-order valence-electron chi connectivity index (χ2n) is 5.05. The van der Waals surface area contributed by atoms with Crippen LogP contribution in [0.5, 0.6) is 0 Å². The largest absolute Gasteiger partial charge is 0.348 e. The maximum Gasteiger partial charge on any atom is 0.123 e. The van der Waals surface area contributed by atoms with Crippen molar-refractivity contribution in [1.82, 2.24) is 9.97 Å². The Morgan fingerprint density at radius 3 is 2.70 bits per heavy atom. The Labute approximate surface area is 117 Å². The van der Waals surface area contributed by atoms with E-state index in [1.807, 2.05) is 18.2 Å². The SMILES string of the molecule is NC1C=CC=CC1(Cc1ccc(F)cc1)c1ncc[nH]1. The van der Waals surface area contributed by atoms with E-state index in [0.717, 1.165) is 11.4 Å². The Kier molecular flexibility index (Phi) is 3.24. The number of rotatable bonds is 3. The van der Waals surface area contributed by atoms with Gasteiger partial charge in [0.05, 0.1) is 5.41 Å². The molecule has 3 nitrogen and oxygen atoms in total. The van der Waals surface area contributed by atoms with Gasteiger partial charge in [0.25, 0.3) is 0 Å². The maximum atomic E-state index is 13.0. The van der Waals surface area contributed by atoms with Crippen LogP contribution < -0.4 is 5.73 Å². The van der Waals surface area contributed by atoms with Gasteiger partial charge in [0.2, 0.25) is 0 Å². The number of nitrogens with two attached hydrogens (primary N) is 1. The van der Waals surface area contributed by atoms with Crippen molar-refractivity contribution in [3.8, 4) is 0 Å². The Hall–Kier alpha value is -2.20. The van der Waals surface area contributed by atoms with Gasteiger partial charge in [0.15, 0.2) is 0 Å². The molecule has 102 valence electrons. The molecule has 0 spiro atoms. The molecular formula is C16H16FN3. The molecule has 1 aromatic carbocycles. The van der Waals surface area contributed by atoms with Gasteiger partial charge in [-0.1, -0.05) is 36.4 Å². The third kappa shape index (κ3) is 2.18. The molecule has 3 N–H and O–H groups in total. The molecule has 0 bridgehead atoms.